The highest BCUT2D eigenvalue weighted by Gasteiger charge is 2.28. The average molecular weight is 572 g/mol. The lowest BCUT2D eigenvalue weighted by atomic mass is 10.2. The van der Waals surface area contributed by atoms with E-state index < -0.39 is 29.9 Å². The van der Waals surface area contributed by atoms with Crippen molar-refractivity contribution in [2.24, 2.45) is 10.9 Å². The second-order valence-electron chi connectivity index (χ2n) is 8.34. The van der Waals surface area contributed by atoms with E-state index in [-0.39, 0.29) is 24.0 Å². The van der Waals surface area contributed by atoms with Crippen LogP contribution in [0.4, 0.5) is 0 Å². The first-order chi connectivity index (χ1) is 18.1. The third-order valence-corrected chi connectivity index (χ3v) is 8.15. The van der Waals surface area contributed by atoms with Crippen LogP contribution in [0.5, 0.6) is 11.5 Å². The highest BCUT2D eigenvalue weighted by Crippen LogP contribution is 2.28. The number of hydrogen-bond donors (Lipinski definition) is 3. The van der Waals surface area contributed by atoms with E-state index in [0.29, 0.717) is 45.0 Å². The van der Waals surface area contributed by atoms with E-state index in [1.807, 2.05) is 6.92 Å². The van der Waals surface area contributed by atoms with Gasteiger partial charge >= 0.3 is 10.1 Å². The van der Waals surface area contributed by atoms with E-state index in [2.05, 4.69) is 20.3 Å². The van der Waals surface area contributed by atoms with Crippen LogP contribution in [0.15, 0.2) is 57.4 Å². The molecule has 0 unspecified atom stereocenters. The molecule has 2 aromatic carbocycles. The zero-order chi connectivity index (χ0) is 27.6. The highest BCUT2D eigenvalue weighted by molar-refractivity contribution is 7.91. The molecule has 0 radical (unpaired) electrons. The molecule has 1 fully saturated rings. The quantitative estimate of drug-likeness (QED) is 0.103. The standard InChI is InChI=1S/C23H33N5O8S2/c1-3-12-34-26-23(24)27-35-19-15-18(2)16-20(17-19)36-38(31,32)22-7-5-4-6-21(22)37(29,30)25-8-9-28-10-13-33-14-11-28/h4-7,15-17,25H,3,8-14H2,1-2H3,(H3,24,26,27). The molecule has 4 N–H and O–H groups in total. The Kier molecular flexibility index (Phi) is 10.7. The number of hydroxylamine groups is 1. The molecular weight excluding hydrogens is 538 g/mol. The predicted octanol–water partition coefficient (Wildman–Crippen LogP) is 0.913. The van der Waals surface area contributed by atoms with Gasteiger partial charge in [-0.05, 0) is 48.3 Å². The van der Waals surface area contributed by atoms with Crippen molar-refractivity contribution in [2.75, 3.05) is 46.0 Å². The fourth-order valence-corrected chi connectivity index (χ4v) is 6.19. The van der Waals surface area contributed by atoms with Gasteiger partial charge in [-0.3, -0.25) is 9.74 Å². The first kappa shape index (κ1) is 29.6. The second-order valence-corrected chi connectivity index (χ2v) is 11.6. The Hall–Kier alpha value is -2.95. The summed E-state index contributed by atoms with van der Waals surface area (Å²) in [6.45, 7) is 7.17. The van der Waals surface area contributed by atoms with Gasteiger partial charge in [-0.1, -0.05) is 19.1 Å². The highest BCUT2D eigenvalue weighted by atomic mass is 32.2. The molecule has 1 saturated heterocycles. The first-order valence-corrected chi connectivity index (χ1v) is 14.8. The normalized spacial score (nSPS) is 15.3. The Labute approximate surface area is 223 Å². The van der Waals surface area contributed by atoms with E-state index in [1.54, 1.807) is 13.0 Å². The summed E-state index contributed by atoms with van der Waals surface area (Å²) in [5, 5.41) is 3.67. The SMILES string of the molecule is CCCONC(N)=NOc1cc(C)cc(OS(=O)(=O)c2ccccc2S(=O)(=O)NCCN2CCOCC2)c1. The number of nitrogens with zero attached hydrogens (tertiary/aromatic N) is 2. The van der Waals surface area contributed by atoms with Crippen LogP contribution in [0.3, 0.4) is 0 Å². The molecule has 3 rings (SSSR count). The Morgan fingerprint density at radius 3 is 2.47 bits per heavy atom. The monoisotopic (exact) mass is 571 g/mol. The lowest BCUT2D eigenvalue weighted by Crippen LogP contribution is -2.41. The lowest BCUT2D eigenvalue weighted by molar-refractivity contribution is 0.0390. The third kappa shape index (κ3) is 8.82. The molecule has 0 spiro atoms. The van der Waals surface area contributed by atoms with E-state index >= 15 is 0 Å². The molecule has 2 aromatic rings. The van der Waals surface area contributed by atoms with Gasteiger partial charge in [0.2, 0.25) is 10.0 Å². The topological polar surface area (TPSA) is 171 Å². The fraction of sp³-hybridized carbons (Fsp3) is 0.435. The zero-order valence-corrected chi connectivity index (χ0v) is 22.9. The number of nitrogens with one attached hydrogen (secondary N) is 2. The van der Waals surface area contributed by atoms with Crippen LogP contribution in [0.1, 0.15) is 18.9 Å². The Morgan fingerprint density at radius 1 is 1.08 bits per heavy atom. The van der Waals surface area contributed by atoms with E-state index in [1.165, 1.54) is 36.4 Å². The van der Waals surface area contributed by atoms with Gasteiger partial charge in [0.25, 0.3) is 5.96 Å². The number of ether oxygens (including phenoxy) is 1. The molecule has 38 heavy (non-hydrogen) atoms. The van der Waals surface area contributed by atoms with Crippen LogP contribution >= 0.6 is 0 Å². The molecule has 1 aliphatic heterocycles. The van der Waals surface area contributed by atoms with Crippen molar-refractivity contribution in [3.05, 3.63) is 48.0 Å². The minimum atomic E-state index is -4.55. The van der Waals surface area contributed by atoms with Gasteiger partial charge in [-0.15, -0.1) is 0 Å². The molecule has 0 saturated carbocycles. The van der Waals surface area contributed by atoms with E-state index in [4.69, 9.17) is 24.3 Å². The number of hydrogen-bond acceptors (Lipinski definition) is 10. The minimum Gasteiger partial charge on any atom is -0.379 e. The molecule has 0 aromatic heterocycles. The van der Waals surface area contributed by atoms with Crippen molar-refractivity contribution in [3.8, 4) is 11.5 Å². The summed E-state index contributed by atoms with van der Waals surface area (Å²) in [4.78, 5) is 11.4. The largest absolute Gasteiger partial charge is 0.379 e. The zero-order valence-electron chi connectivity index (χ0n) is 21.3. The predicted molar refractivity (Wildman–Crippen MR) is 140 cm³/mol. The first-order valence-electron chi connectivity index (χ1n) is 11.9. The molecule has 0 amide bonds. The van der Waals surface area contributed by atoms with E-state index in [9.17, 15) is 16.8 Å². The van der Waals surface area contributed by atoms with Crippen LogP contribution in [0.2, 0.25) is 0 Å². The molecule has 210 valence electrons. The molecule has 1 aliphatic rings. The number of nitrogens with two attached hydrogens (primary N) is 1. The summed E-state index contributed by atoms with van der Waals surface area (Å²) in [7, 11) is -8.70. The smallest absolute Gasteiger partial charge is 0.340 e. The van der Waals surface area contributed by atoms with Gasteiger partial charge < -0.3 is 19.5 Å². The van der Waals surface area contributed by atoms with Crippen LogP contribution in [0, 0.1) is 6.92 Å². The molecule has 0 aliphatic carbocycles. The van der Waals surface area contributed by atoms with Crippen molar-refractivity contribution >= 4 is 26.1 Å². The number of morpholine rings is 1. The number of oxime groups is 1. The van der Waals surface area contributed by atoms with Gasteiger partial charge in [0.1, 0.15) is 15.5 Å². The Bertz CT molecular complexity index is 1310. The molecule has 1 heterocycles. The molecule has 15 heteroatoms. The fourth-order valence-electron chi connectivity index (χ4n) is 3.45. The minimum absolute atomic E-state index is 0.101. The lowest BCUT2D eigenvalue weighted by Gasteiger charge is -2.26. The summed E-state index contributed by atoms with van der Waals surface area (Å²) < 4.78 is 65.4. The van der Waals surface area contributed by atoms with Crippen LogP contribution < -0.4 is 25.0 Å². The van der Waals surface area contributed by atoms with Gasteiger partial charge in [0.15, 0.2) is 5.75 Å². The number of guanidine groups is 1. The summed E-state index contributed by atoms with van der Waals surface area (Å²) >= 11 is 0. The van der Waals surface area contributed by atoms with Gasteiger partial charge in [-0.25, -0.2) is 18.6 Å². The molecular formula is C23H33N5O8S2. The van der Waals surface area contributed by atoms with Crippen LogP contribution in [-0.2, 0) is 29.7 Å². The molecule has 0 atom stereocenters. The average Bonchev–Trinajstić information content (AvgIpc) is 2.88. The second kappa shape index (κ2) is 13.7. The Balaban J connectivity index is 1.74. The van der Waals surface area contributed by atoms with Crippen LogP contribution in [-0.4, -0.2) is 73.7 Å². The number of aryl methyl sites for hydroxylation is 1. The maximum atomic E-state index is 13.2. The van der Waals surface area contributed by atoms with Gasteiger partial charge in [0, 0.05) is 32.2 Å². The summed E-state index contributed by atoms with van der Waals surface area (Å²) in [5.41, 5.74) is 8.64. The number of rotatable bonds is 13. The summed E-state index contributed by atoms with van der Waals surface area (Å²) in [5.74, 6) is -0.104. The maximum Gasteiger partial charge on any atom is 0.340 e. The van der Waals surface area contributed by atoms with Crippen molar-refractivity contribution < 1.29 is 35.4 Å². The van der Waals surface area contributed by atoms with Crippen molar-refractivity contribution in [1.29, 1.82) is 0 Å². The van der Waals surface area contributed by atoms with Crippen molar-refractivity contribution in [3.63, 3.8) is 0 Å². The summed E-state index contributed by atoms with van der Waals surface area (Å²) in [6, 6.07) is 9.56. The molecule has 13 nitrogen and oxygen atoms in total. The Morgan fingerprint density at radius 2 is 1.76 bits per heavy atom. The number of benzene rings is 2. The summed E-state index contributed by atoms with van der Waals surface area (Å²) in [6.07, 6.45) is 0.767. The number of sulfonamides is 1. The maximum absolute atomic E-state index is 13.2. The van der Waals surface area contributed by atoms with E-state index in [0.717, 1.165) is 6.42 Å². The van der Waals surface area contributed by atoms with Crippen molar-refractivity contribution in [2.45, 2.75) is 30.1 Å². The van der Waals surface area contributed by atoms with Crippen molar-refractivity contribution in [1.82, 2.24) is 15.1 Å². The van der Waals surface area contributed by atoms with Crippen LogP contribution in [0.25, 0.3) is 0 Å². The third-order valence-electron chi connectivity index (χ3n) is 5.19. The molecule has 0 bridgehead atoms. The van der Waals surface area contributed by atoms with Gasteiger partial charge in [-0.2, -0.15) is 8.42 Å². The van der Waals surface area contributed by atoms with Gasteiger partial charge in [0.05, 0.1) is 19.8 Å².